The second-order valence-electron chi connectivity index (χ2n) is 11.6. The lowest BCUT2D eigenvalue weighted by Crippen LogP contribution is -2.10. The fourth-order valence-electron chi connectivity index (χ4n) is 6.68. The molecule has 0 bridgehead atoms. The minimum absolute atomic E-state index is 0.667. The quantitative estimate of drug-likeness (QED) is 0.200. The van der Waals surface area contributed by atoms with Crippen LogP contribution >= 0.6 is 0 Å². The molecule has 0 saturated carbocycles. The molecule has 0 fully saturated rings. The lowest BCUT2D eigenvalue weighted by Gasteiger charge is -2.28. The first-order valence-corrected chi connectivity index (χ1v) is 15.5. The van der Waals surface area contributed by atoms with Crippen LogP contribution in [0.2, 0.25) is 0 Å². The number of nitrogens with zero attached hydrogens (tertiary/aromatic N) is 2. The smallest absolute Gasteiger partial charge is 0.227 e. The summed E-state index contributed by atoms with van der Waals surface area (Å²) < 4.78 is 6.30. The average Bonchev–Trinajstić information content (AvgIpc) is 3.52. The molecule has 0 spiro atoms. The van der Waals surface area contributed by atoms with Crippen LogP contribution in [0.3, 0.4) is 0 Å². The number of hydrogen-bond donors (Lipinski definition) is 0. The third-order valence-corrected chi connectivity index (χ3v) is 8.89. The highest BCUT2D eigenvalue weighted by atomic mass is 16.3. The van der Waals surface area contributed by atoms with E-state index in [0.29, 0.717) is 5.71 Å². The van der Waals surface area contributed by atoms with Gasteiger partial charge in [0.1, 0.15) is 5.58 Å². The standard InChI is InChI=1S/C43H28N2O/c1-2-10-29(11-3-1)32-14-6-16-35(26-32)45(41-20-8-13-30-12-4-5-18-37(30)41)36-17-7-15-33(27-36)34-22-21-31-23-24-38-39-19-9-25-44-43(39)46-42(38)40(31)28-34/h1-28H. The molecule has 3 heteroatoms. The summed E-state index contributed by atoms with van der Waals surface area (Å²) in [5, 5.41) is 6.75. The summed E-state index contributed by atoms with van der Waals surface area (Å²) in [7, 11) is 0. The molecule has 9 rings (SSSR count). The van der Waals surface area contributed by atoms with Gasteiger partial charge in [-0.2, -0.15) is 0 Å². The molecule has 2 heterocycles. The molecular formula is C43H28N2O. The third kappa shape index (κ3) is 4.41. The number of aromatic nitrogens is 1. The first-order chi connectivity index (χ1) is 22.8. The normalized spacial score (nSPS) is 11.5. The van der Waals surface area contributed by atoms with E-state index >= 15 is 0 Å². The van der Waals surface area contributed by atoms with Gasteiger partial charge in [0.15, 0.2) is 0 Å². The summed E-state index contributed by atoms with van der Waals surface area (Å²) in [6.45, 7) is 0. The Bertz CT molecular complexity index is 2540. The molecule has 0 aliphatic rings. The molecule has 0 atom stereocenters. The van der Waals surface area contributed by atoms with E-state index in [1.165, 1.54) is 21.9 Å². The Labute approximate surface area is 266 Å². The Morgan fingerprint density at radius 3 is 1.89 bits per heavy atom. The molecular weight excluding hydrogens is 560 g/mol. The highest BCUT2D eigenvalue weighted by Gasteiger charge is 2.17. The minimum Gasteiger partial charge on any atom is -0.437 e. The van der Waals surface area contributed by atoms with Gasteiger partial charge < -0.3 is 9.32 Å². The van der Waals surface area contributed by atoms with Gasteiger partial charge in [0.25, 0.3) is 0 Å². The van der Waals surface area contributed by atoms with E-state index in [4.69, 9.17) is 4.42 Å². The Morgan fingerprint density at radius 2 is 1.04 bits per heavy atom. The zero-order valence-corrected chi connectivity index (χ0v) is 25.0. The molecule has 0 unspecified atom stereocenters. The molecule has 0 aliphatic heterocycles. The van der Waals surface area contributed by atoms with Crippen molar-refractivity contribution in [2.75, 3.05) is 4.90 Å². The highest BCUT2D eigenvalue weighted by Crippen LogP contribution is 2.42. The van der Waals surface area contributed by atoms with Crippen molar-refractivity contribution in [1.82, 2.24) is 4.98 Å². The number of anilines is 3. The van der Waals surface area contributed by atoms with E-state index in [1.807, 2.05) is 6.07 Å². The van der Waals surface area contributed by atoms with E-state index in [0.717, 1.165) is 55.3 Å². The largest absolute Gasteiger partial charge is 0.437 e. The molecule has 0 N–H and O–H groups in total. The van der Waals surface area contributed by atoms with Crippen molar-refractivity contribution in [3.63, 3.8) is 0 Å². The molecule has 46 heavy (non-hydrogen) atoms. The predicted octanol–water partition coefficient (Wildman–Crippen LogP) is 12.1. The summed E-state index contributed by atoms with van der Waals surface area (Å²) in [5.74, 6) is 0. The van der Waals surface area contributed by atoms with Crippen LogP contribution in [-0.2, 0) is 0 Å². The lowest BCUT2D eigenvalue weighted by atomic mass is 9.98. The van der Waals surface area contributed by atoms with Crippen LogP contribution < -0.4 is 4.90 Å². The van der Waals surface area contributed by atoms with Crippen LogP contribution in [0.5, 0.6) is 0 Å². The number of hydrogen-bond acceptors (Lipinski definition) is 3. The van der Waals surface area contributed by atoms with Gasteiger partial charge in [-0.3, -0.25) is 0 Å². The number of pyridine rings is 1. The van der Waals surface area contributed by atoms with Gasteiger partial charge in [-0.05, 0) is 87.6 Å². The van der Waals surface area contributed by atoms with Gasteiger partial charge in [0.05, 0.1) is 5.69 Å². The van der Waals surface area contributed by atoms with Crippen molar-refractivity contribution in [3.05, 3.63) is 170 Å². The summed E-state index contributed by atoms with van der Waals surface area (Å²) in [6, 6.07) is 58.3. The first kappa shape index (κ1) is 26.2. The molecule has 3 nitrogen and oxygen atoms in total. The Hall–Kier alpha value is -6.19. The Kier molecular flexibility index (Phi) is 6.14. The number of benzene rings is 7. The maximum absolute atomic E-state index is 6.30. The fourth-order valence-corrected chi connectivity index (χ4v) is 6.68. The first-order valence-electron chi connectivity index (χ1n) is 15.5. The SMILES string of the molecule is c1ccc(-c2cccc(N(c3cccc(-c4ccc5ccc6c7cccnc7oc6c5c4)c3)c3cccc4ccccc34)c2)cc1. The maximum Gasteiger partial charge on any atom is 0.227 e. The van der Waals surface area contributed by atoms with Gasteiger partial charge in [-0.15, -0.1) is 0 Å². The summed E-state index contributed by atoms with van der Waals surface area (Å²) >= 11 is 0. The fraction of sp³-hybridized carbons (Fsp3) is 0. The third-order valence-electron chi connectivity index (χ3n) is 8.89. The zero-order chi connectivity index (χ0) is 30.5. The van der Waals surface area contributed by atoms with E-state index in [9.17, 15) is 0 Å². The maximum atomic E-state index is 6.30. The van der Waals surface area contributed by atoms with Crippen molar-refractivity contribution >= 4 is 60.7 Å². The van der Waals surface area contributed by atoms with Crippen molar-refractivity contribution in [2.24, 2.45) is 0 Å². The van der Waals surface area contributed by atoms with Gasteiger partial charge in [-0.25, -0.2) is 4.98 Å². The van der Waals surface area contributed by atoms with Gasteiger partial charge in [0.2, 0.25) is 5.71 Å². The van der Waals surface area contributed by atoms with E-state index in [2.05, 4.69) is 168 Å². The predicted molar refractivity (Wildman–Crippen MR) is 192 cm³/mol. The number of fused-ring (bicyclic) bond motifs is 6. The Morgan fingerprint density at radius 1 is 0.413 bits per heavy atom. The highest BCUT2D eigenvalue weighted by molar-refractivity contribution is 6.15. The topological polar surface area (TPSA) is 29.3 Å². The van der Waals surface area contributed by atoms with Crippen molar-refractivity contribution in [1.29, 1.82) is 0 Å². The van der Waals surface area contributed by atoms with Crippen LogP contribution in [0.4, 0.5) is 17.1 Å². The van der Waals surface area contributed by atoms with Crippen LogP contribution in [-0.4, -0.2) is 4.98 Å². The second kappa shape index (κ2) is 10.8. The Balaban J connectivity index is 1.23. The van der Waals surface area contributed by atoms with E-state index < -0.39 is 0 Å². The monoisotopic (exact) mass is 588 g/mol. The molecule has 9 aromatic rings. The van der Waals surface area contributed by atoms with Gasteiger partial charge >= 0.3 is 0 Å². The molecule has 0 amide bonds. The summed E-state index contributed by atoms with van der Waals surface area (Å²) in [6.07, 6.45) is 1.78. The average molecular weight is 589 g/mol. The van der Waals surface area contributed by atoms with Crippen LogP contribution in [0, 0.1) is 0 Å². The van der Waals surface area contributed by atoms with Crippen LogP contribution in [0.15, 0.2) is 174 Å². The molecule has 0 radical (unpaired) electrons. The van der Waals surface area contributed by atoms with E-state index in [-0.39, 0.29) is 0 Å². The summed E-state index contributed by atoms with van der Waals surface area (Å²) in [4.78, 5) is 6.85. The number of rotatable bonds is 5. The van der Waals surface area contributed by atoms with Crippen LogP contribution in [0.1, 0.15) is 0 Å². The van der Waals surface area contributed by atoms with Crippen molar-refractivity contribution < 1.29 is 4.42 Å². The van der Waals surface area contributed by atoms with Crippen molar-refractivity contribution in [2.45, 2.75) is 0 Å². The molecule has 216 valence electrons. The molecule has 0 aliphatic carbocycles. The number of furan rings is 1. The van der Waals surface area contributed by atoms with Crippen LogP contribution in [0.25, 0.3) is 65.9 Å². The molecule has 0 saturated heterocycles. The van der Waals surface area contributed by atoms with E-state index in [1.54, 1.807) is 6.20 Å². The summed E-state index contributed by atoms with van der Waals surface area (Å²) in [5.41, 5.74) is 9.50. The van der Waals surface area contributed by atoms with Gasteiger partial charge in [-0.1, -0.05) is 109 Å². The lowest BCUT2D eigenvalue weighted by molar-refractivity contribution is 0.657. The molecule has 7 aromatic carbocycles. The zero-order valence-electron chi connectivity index (χ0n) is 25.0. The van der Waals surface area contributed by atoms with Crippen molar-refractivity contribution in [3.8, 4) is 22.3 Å². The van der Waals surface area contributed by atoms with Gasteiger partial charge in [0, 0.05) is 39.1 Å². The second-order valence-corrected chi connectivity index (χ2v) is 11.6. The minimum atomic E-state index is 0.667. The molecule has 2 aromatic heterocycles.